The van der Waals surface area contributed by atoms with E-state index < -0.39 is 0 Å². The molecular weight excluding hydrogens is 260 g/mol. The first-order valence-corrected chi connectivity index (χ1v) is 7.12. The maximum absolute atomic E-state index is 5.98. The molecule has 0 unspecified atom stereocenters. The Hall–Kier alpha value is -1.10. The van der Waals surface area contributed by atoms with Crippen molar-refractivity contribution in [2.24, 2.45) is 0 Å². The number of pyridine rings is 1. The Morgan fingerprint density at radius 1 is 1.16 bits per heavy atom. The molecule has 1 aliphatic heterocycles. The van der Waals surface area contributed by atoms with Crippen LogP contribution in [-0.4, -0.2) is 59.0 Å². The van der Waals surface area contributed by atoms with Crippen LogP contribution in [0.4, 0.5) is 0 Å². The van der Waals surface area contributed by atoms with Gasteiger partial charge in [0.15, 0.2) is 0 Å². The number of halogens is 1. The molecule has 102 valence electrons. The number of likely N-dealkylation sites (N-methyl/N-ethyl adjacent to an activating group) is 1. The highest BCUT2D eigenvalue weighted by atomic mass is 35.5. The molecule has 0 aromatic carbocycles. The number of rotatable bonds is 3. The molecule has 5 heteroatoms. The Morgan fingerprint density at radius 3 is 2.74 bits per heavy atom. The molecule has 3 heterocycles. The van der Waals surface area contributed by atoms with Crippen LogP contribution in [0.5, 0.6) is 0 Å². The molecule has 4 nitrogen and oxygen atoms in total. The van der Waals surface area contributed by atoms with E-state index in [2.05, 4.69) is 28.0 Å². The van der Waals surface area contributed by atoms with E-state index in [1.807, 2.05) is 22.7 Å². The van der Waals surface area contributed by atoms with Gasteiger partial charge in [-0.15, -0.1) is 0 Å². The minimum Gasteiger partial charge on any atom is -0.305 e. The van der Waals surface area contributed by atoms with Gasteiger partial charge in [0, 0.05) is 51.5 Å². The molecule has 2 aromatic rings. The van der Waals surface area contributed by atoms with E-state index in [9.17, 15) is 0 Å². The van der Waals surface area contributed by atoms with E-state index in [-0.39, 0.29) is 0 Å². The average Bonchev–Trinajstić information content (AvgIpc) is 2.80. The Labute approximate surface area is 118 Å². The highest BCUT2D eigenvalue weighted by Crippen LogP contribution is 2.12. The average molecular weight is 279 g/mol. The number of aromatic nitrogens is 2. The van der Waals surface area contributed by atoms with Crippen molar-refractivity contribution in [2.75, 3.05) is 39.8 Å². The number of hydrogen-bond acceptors (Lipinski definition) is 3. The predicted molar refractivity (Wildman–Crippen MR) is 77.8 cm³/mol. The molecule has 1 aliphatic rings. The number of imidazole rings is 1. The lowest BCUT2D eigenvalue weighted by molar-refractivity contribution is 0.155. The smallest absolute Gasteiger partial charge is 0.137 e. The van der Waals surface area contributed by atoms with Gasteiger partial charge >= 0.3 is 0 Å². The van der Waals surface area contributed by atoms with Gasteiger partial charge in [0.1, 0.15) is 5.65 Å². The van der Waals surface area contributed by atoms with E-state index >= 15 is 0 Å². The molecule has 0 amide bonds. The summed E-state index contributed by atoms with van der Waals surface area (Å²) in [6, 6.07) is 3.84. The molecule has 0 bridgehead atoms. The molecule has 1 saturated heterocycles. The van der Waals surface area contributed by atoms with Gasteiger partial charge in [-0.25, -0.2) is 4.98 Å². The highest BCUT2D eigenvalue weighted by molar-refractivity contribution is 6.30. The van der Waals surface area contributed by atoms with Gasteiger partial charge in [-0.3, -0.25) is 0 Å². The molecule has 3 rings (SSSR count). The van der Waals surface area contributed by atoms with E-state index in [4.69, 9.17) is 11.6 Å². The zero-order chi connectivity index (χ0) is 13.2. The lowest BCUT2D eigenvalue weighted by atomic mass is 10.2. The summed E-state index contributed by atoms with van der Waals surface area (Å²) in [4.78, 5) is 9.51. The van der Waals surface area contributed by atoms with Crippen LogP contribution in [0, 0.1) is 0 Å². The first kappa shape index (κ1) is 12.9. The first-order valence-electron chi connectivity index (χ1n) is 6.75. The van der Waals surface area contributed by atoms with E-state index in [1.54, 1.807) is 0 Å². The second-order valence-electron chi connectivity index (χ2n) is 5.24. The lowest BCUT2D eigenvalue weighted by Gasteiger charge is -2.32. The van der Waals surface area contributed by atoms with E-state index in [0.29, 0.717) is 0 Å². The molecular formula is C14H19ClN4. The van der Waals surface area contributed by atoms with Crippen molar-refractivity contribution in [1.82, 2.24) is 19.2 Å². The third kappa shape index (κ3) is 3.08. The maximum atomic E-state index is 5.98. The van der Waals surface area contributed by atoms with Crippen molar-refractivity contribution in [2.45, 2.75) is 6.42 Å². The standard InChI is InChI=1S/C14H19ClN4/c1-17-6-8-18(9-7-17)5-4-13-11-19-10-12(15)2-3-14(19)16-13/h2-3,10-11H,4-9H2,1H3. The fraction of sp³-hybridized carbons (Fsp3) is 0.500. The molecule has 0 N–H and O–H groups in total. The Kier molecular flexibility index (Phi) is 3.73. The fourth-order valence-corrected chi connectivity index (χ4v) is 2.65. The van der Waals surface area contributed by atoms with Crippen LogP contribution in [0.1, 0.15) is 5.69 Å². The second kappa shape index (κ2) is 5.49. The third-order valence-corrected chi connectivity index (χ3v) is 3.97. The number of piperazine rings is 1. The summed E-state index contributed by atoms with van der Waals surface area (Å²) in [5, 5.41) is 0.746. The molecule has 19 heavy (non-hydrogen) atoms. The summed E-state index contributed by atoms with van der Waals surface area (Å²) < 4.78 is 2.00. The number of fused-ring (bicyclic) bond motifs is 1. The van der Waals surface area contributed by atoms with Crippen molar-refractivity contribution < 1.29 is 0 Å². The van der Waals surface area contributed by atoms with Crippen molar-refractivity contribution >= 4 is 17.2 Å². The van der Waals surface area contributed by atoms with Crippen molar-refractivity contribution in [3.8, 4) is 0 Å². The molecule has 0 atom stereocenters. The van der Waals surface area contributed by atoms with Crippen molar-refractivity contribution in [3.63, 3.8) is 0 Å². The molecule has 0 aliphatic carbocycles. The minimum absolute atomic E-state index is 0.746. The van der Waals surface area contributed by atoms with Gasteiger partial charge in [0.25, 0.3) is 0 Å². The molecule has 2 aromatic heterocycles. The molecule has 1 fully saturated rings. The SMILES string of the molecule is CN1CCN(CCc2cn3cc(Cl)ccc3n2)CC1. The van der Waals surface area contributed by atoms with Crippen LogP contribution in [0.25, 0.3) is 5.65 Å². The molecule has 0 spiro atoms. The van der Waals surface area contributed by atoms with Gasteiger partial charge in [-0.1, -0.05) is 11.6 Å². The minimum atomic E-state index is 0.746. The summed E-state index contributed by atoms with van der Waals surface area (Å²) in [6.45, 7) is 5.75. The summed E-state index contributed by atoms with van der Waals surface area (Å²) in [5.74, 6) is 0. The Balaban J connectivity index is 1.62. The van der Waals surface area contributed by atoms with Crippen LogP contribution < -0.4 is 0 Å². The van der Waals surface area contributed by atoms with Gasteiger partial charge in [-0.05, 0) is 19.2 Å². The largest absolute Gasteiger partial charge is 0.305 e. The zero-order valence-corrected chi connectivity index (χ0v) is 12.0. The van der Waals surface area contributed by atoms with Gasteiger partial charge in [-0.2, -0.15) is 0 Å². The zero-order valence-electron chi connectivity index (χ0n) is 11.2. The first-order chi connectivity index (χ1) is 9.20. The van der Waals surface area contributed by atoms with E-state index in [1.165, 1.54) is 13.1 Å². The number of nitrogens with zero attached hydrogens (tertiary/aromatic N) is 4. The van der Waals surface area contributed by atoms with Crippen LogP contribution in [-0.2, 0) is 6.42 Å². The normalized spacial score (nSPS) is 18.2. The van der Waals surface area contributed by atoms with Crippen molar-refractivity contribution in [1.29, 1.82) is 0 Å². The summed E-state index contributed by atoms with van der Waals surface area (Å²) in [7, 11) is 2.18. The topological polar surface area (TPSA) is 23.8 Å². The maximum Gasteiger partial charge on any atom is 0.137 e. The van der Waals surface area contributed by atoms with Crippen LogP contribution in [0.3, 0.4) is 0 Å². The van der Waals surface area contributed by atoms with Crippen LogP contribution >= 0.6 is 11.6 Å². The monoisotopic (exact) mass is 278 g/mol. The predicted octanol–water partition coefficient (Wildman–Crippen LogP) is 1.78. The van der Waals surface area contributed by atoms with E-state index in [0.717, 1.165) is 42.4 Å². The Morgan fingerprint density at radius 2 is 1.95 bits per heavy atom. The quantitative estimate of drug-likeness (QED) is 0.855. The third-order valence-electron chi connectivity index (χ3n) is 3.74. The molecule has 0 saturated carbocycles. The summed E-state index contributed by atoms with van der Waals surface area (Å²) in [6.07, 6.45) is 4.99. The molecule has 0 radical (unpaired) electrons. The van der Waals surface area contributed by atoms with Gasteiger partial charge < -0.3 is 14.2 Å². The second-order valence-corrected chi connectivity index (χ2v) is 5.68. The summed E-state index contributed by atoms with van der Waals surface area (Å²) in [5.41, 5.74) is 2.11. The fourth-order valence-electron chi connectivity index (χ4n) is 2.48. The van der Waals surface area contributed by atoms with Crippen LogP contribution in [0.2, 0.25) is 5.02 Å². The van der Waals surface area contributed by atoms with Crippen LogP contribution in [0.15, 0.2) is 24.5 Å². The van der Waals surface area contributed by atoms with Gasteiger partial charge in [0.2, 0.25) is 0 Å². The van der Waals surface area contributed by atoms with Crippen molar-refractivity contribution in [3.05, 3.63) is 35.2 Å². The lowest BCUT2D eigenvalue weighted by Crippen LogP contribution is -2.45. The number of hydrogen-bond donors (Lipinski definition) is 0. The summed E-state index contributed by atoms with van der Waals surface area (Å²) >= 11 is 5.98. The highest BCUT2D eigenvalue weighted by Gasteiger charge is 2.13. The Bertz CT molecular complexity index is 558. The van der Waals surface area contributed by atoms with Gasteiger partial charge in [0.05, 0.1) is 10.7 Å².